The first-order valence-corrected chi connectivity index (χ1v) is 8.16. The van der Waals surface area contributed by atoms with Gasteiger partial charge in [-0.15, -0.1) is 0 Å². The molecule has 0 amide bonds. The smallest absolute Gasteiger partial charge is 0.232 e. The second-order valence-electron chi connectivity index (χ2n) is 4.54. The fourth-order valence-electron chi connectivity index (χ4n) is 1.86. The van der Waals surface area contributed by atoms with Crippen molar-refractivity contribution in [1.82, 2.24) is 10.2 Å². The minimum absolute atomic E-state index is 0.104. The highest BCUT2D eigenvalue weighted by Crippen LogP contribution is 2.27. The molecule has 2 N–H and O–H groups in total. The number of aromatic nitrogens is 2. The van der Waals surface area contributed by atoms with Crippen LogP contribution in [-0.4, -0.2) is 31.0 Å². The lowest BCUT2D eigenvalue weighted by molar-refractivity contribution is 0.468. The van der Waals surface area contributed by atoms with E-state index in [0.29, 0.717) is 17.5 Å². The lowest BCUT2D eigenvalue weighted by Gasteiger charge is -2.10. The zero-order chi connectivity index (χ0) is 14.8. The lowest BCUT2D eigenvalue weighted by Crippen LogP contribution is -2.17. The molecule has 0 atom stereocenters. The standard InChI is InChI=1S/C12H15ClFN3O2S/c1-8-6-11-9(12(13)16-15-11)7-10(8)17-20(18,19)5-3-2-4-14/h6-7,17H,2-5H2,1H3,(H,15,16). The Labute approximate surface area is 121 Å². The Bertz CT molecular complexity index is 715. The minimum Gasteiger partial charge on any atom is -0.283 e. The summed E-state index contributed by atoms with van der Waals surface area (Å²) in [4.78, 5) is 0. The maximum atomic E-state index is 12.0. The normalized spacial score (nSPS) is 11.9. The van der Waals surface area contributed by atoms with Crippen LogP contribution in [0.5, 0.6) is 0 Å². The third kappa shape index (κ3) is 3.40. The van der Waals surface area contributed by atoms with Crippen molar-refractivity contribution < 1.29 is 12.8 Å². The number of aryl methyl sites for hydroxylation is 1. The molecule has 20 heavy (non-hydrogen) atoms. The van der Waals surface area contributed by atoms with E-state index in [1.807, 2.05) is 0 Å². The topological polar surface area (TPSA) is 74.8 Å². The molecule has 0 saturated heterocycles. The van der Waals surface area contributed by atoms with Crippen LogP contribution in [0.1, 0.15) is 18.4 Å². The third-order valence-electron chi connectivity index (χ3n) is 2.92. The molecule has 0 unspecified atom stereocenters. The van der Waals surface area contributed by atoms with Crippen molar-refractivity contribution in [3.8, 4) is 0 Å². The van der Waals surface area contributed by atoms with Gasteiger partial charge in [-0.05, 0) is 37.5 Å². The van der Waals surface area contributed by atoms with E-state index in [9.17, 15) is 12.8 Å². The van der Waals surface area contributed by atoms with Gasteiger partial charge in [-0.25, -0.2) is 8.42 Å². The van der Waals surface area contributed by atoms with E-state index in [0.717, 1.165) is 11.1 Å². The number of fused-ring (bicyclic) bond motifs is 1. The largest absolute Gasteiger partial charge is 0.283 e. The summed E-state index contributed by atoms with van der Waals surface area (Å²) in [6.07, 6.45) is 0.534. The predicted octanol–water partition coefficient (Wildman–Crippen LogP) is 3.02. The van der Waals surface area contributed by atoms with Gasteiger partial charge < -0.3 is 0 Å². The zero-order valence-corrected chi connectivity index (χ0v) is 12.5. The number of sulfonamides is 1. The summed E-state index contributed by atoms with van der Waals surface area (Å²) in [6.45, 7) is 1.28. The number of H-pyrrole nitrogens is 1. The maximum Gasteiger partial charge on any atom is 0.232 e. The molecule has 1 aromatic heterocycles. The Morgan fingerprint density at radius 2 is 2.15 bits per heavy atom. The Balaban J connectivity index is 2.24. The van der Waals surface area contributed by atoms with Crippen LogP contribution in [0.15, 0.2) is 12.1 Å². The molecule has 0 fully saturated rings. The van der Waals surface area contributed by atoms with Crippen LogP contribution in [0.4, 0.5) is 10.1 Å². The van der Waals surface area contributed by atoms with Gasteiger partial charge in [-0.2, -0.15) is 5.10 Å². The summed E-state index contributed by atoms with van der Waals surface area (Å²) in [5.41, 5.74) is 1.96. The van der Waals surface area contributed by atoms with Gasteiger partial charge in [0.05, 0.1) is 23.6 Å². The van der Waals surface area contributed by atoms with Crippen LogP contribution >= 0.6 is 11.6 Å². The first-order chi connectivity index (χ1) is 9.43. The van der Waals surface area contributed by atoms with Crippen LogP contribution in [0, 0.1) is 6.92 Å². The van der Waals surface area contributed by atoms with E-state index in [2.05, 4.69) is 14.9 Å². The first-order valence-electron chi connectivity index (χ1n) is 6.13. The fraction of sp³-hybridized carbons (Fsp3) is 0.417. The second kappa shape index (κ2) is 5.97. The van der Waals surface area contributed by atoms with E-state index in [4.69, 9.17) is 11.6 Å². The van der Waals surface area contributed by atoms with Crippen LogP contribution in [-0.2, 0) is 10.0 Å². The quantitative estimate of drug-likeness (QED) is 0.804. The van der Waals surface area contributed by atoms with Crippen LogP contribution in [0.25, 0.3) is 10.9 Å². The molecule has 8 heteroatoms. The van der Waals surface area contributed by atoms with Gasteiger partial charge in [0.15, 0.2) is 5.15 Å². The number of nitrogens with zero attached hydrogens (tertiary/aromatic N) is 1. The molecule has 1 heterocycles. The van der Waals surface area contributed by atoms with E-state index in [-0.39, 0.29) is 17.3 Å². The predicted molar refractivity (Wildman–Crippen MR) is 78.5 cm³/mol. The van der Waals surface area contributed by atoms with Gasteiger partial charge in [-0.3, -0.25) is 14.2 Å². The number of halogens is 2. The molecule has 5 nitrogen and oxygen atoms in total. The molecule has 0 saturated carbocycles. The average molecular weight is 320 g/mol. The number of alkyl halides is 1. The molecule has 110 valence electrons. The SMILES string of the molecule is Cc1cc2[nH]nc(Cl)c2cc1NS(=O)(=O)CCCCF. The van der Waals surface area contributed by atoms with Gasteiger partial charge in [-0.1, -0.05) is 11.6 Å². The summed E-state index contributed by atoms with van der Waals surface area (Å²) < 4.78 is 38.3. The van der Waals surface area contributed by atoms with Crippen LogP contribution in [0.2, 0.25) is 5.15 Å². The zero-order valence-electron chi connectivity index (χ0n) is 10.9. The number of aromatic amines is 1. The molecule has 0 aliphatic heterocycles. The second-order valence-corrected chi connectivity index (χ2v) is 6.74. The van der Waals surface area contributed by atoms with Gasteiger partial charge in [0.2, 0.25) is 10.0 Å². The minimum atomic E-state index is -3.48. The van der Waals surface area contributed by atoms with Crippen molar-refractivity contribution in [1.29, 1.82) is 0 Å². The summed E-state index contributed by atoms with van der Waals surface area (Å²) in [6, 6.07) is 3.41. The highest BCUT2D eigenvalue weighted by molar-refractivity contribution is 7.92. The molecule has 0 radical (unpaired) electrons. The molecule has 2 aromatic rings. The van der Waals surface area contributed by atoms with Gasteiger partial charge in [0.1, 0.15) is 0 Å². The van der Waals surface area contributed by atoms with Crippen LogP contribution < -0.4 is 4.72 Å². The summed E-state index contributed by atoms with van der Waals surface area (Å²) in [5, 5.41) is 7.56. The number of anilines is 1. The molecular weight excluding hydrogens is 305 g/mol. The third-order valence-corrected chi connectivity index (χ3v) is 4.57. The van der Waals surface area contributed by atoms with E-state index >= 15 is 0 Å². The number of unbranched alkanes of at least 4 members (excludes halogenated alkanes) is 1. The summed E-state index contributed by atoms with van der Waals surface area (Å²) in [5.74, 6) is -0.104. The van der Waals surface area contributed by atoms with Gasteiger partial charge in [0, 0.05) is 5.39 Å². The molecular formula is C12H15ClFN3O2S. The monoisotopic (exact) mass is 319 g/mol. The molecule has 0 bridgehead atoms. The Morgan fingerprint density at radius 3 is 2.85 bits per heavy atom. The van der Waals surface area contributed by atoms with E-state index < -0.39 is 16.7 Å². The highest BCUT2D eigenvalue weighted by Gasteiger charge is 2.14. The van der Waals surface area contributed by atoms with Gasteiger partial charge >= 0.3 is 0 Å². The average Bonchev–Trinajstić information content (AvgIpc) is 2.71. The van der Waals surface area contributed by atoms with Crippen LogP contribution in [0.3, 0.4) is 0 Å². The van der Waals surface area contributed by atoms with Crippen molar-refractivity contribution in [2.45, 2.75) is 19.8 Å². The summed E-state index contributed by atoms with van der Waals surface area (Å²) in [7, 11) is -3.48. The highest BCUT2D eigenvalue weighted by atomic mass is 35.5. The maximum absolute atomic E-state index is 12.0. The molecule has 0 spiro atoms. The van der Waals surface area contributed by atoms with Crippen molar-refractivity contribution in [2.24, 2.45) is 0 Å². The van der Waals surface area contributed by atoms with Crippen molar-refractivity contribution in [3.05, 3.63) is 22.8 Å². The van der Waals surface area contributed by atoms with Crippen molar-refractivity contribution in [3.63, 3.8) is 0 Å². The van der Waals surface area contributed by atoms with Gasteiger partial charge in [0.25, 0.3) is 0 Å². The first kappa shape index (κ1) is 15.1. The van der Waals surface area contributed by atoms with E-state index in [1.54, 1.807) is 19.1 Å². The fourth-order valence-corrected chi connectivity index (χ4v) is 3.30. The molecule has 2 rings (SSSR count). The Kier molecular flexibility index (Phi) is 4.49. The van der Waals surface area contributed by atoms with Crippen molar-refractivity contribution >= 4 is 38.2 Å². The molecule has 0 aliphatic carbocycles. The number of rotatable bonds is 6. The number of hydrogen-bond acceptors (Lipinski definition) is 3. The Hall–Kier alpha value is -1.34. The number of nitrogens with one attached hydrogen (secondary N) is 2. The number of hydrogen-bond donors (Lipinski definition) is 2. The lowest BCUT2D eigenvalue weighted by atomic mass is 10.1. The molecule has 1 aromatic carbocycles. The van der Waals surface area contributed by atoms with Crippen molar-refractivity contribution in [2.75, 3.05) is 17.1 Å². The number of benzene rings is 1. The molecule has 0 aliphatic rings. The Morgan fingerprint density at radius 1 is 1.40 bits per heavy atom. The summed E-state index contributed by atoms with van der Waals surface area (Å²) >= 11 is 5.91. The van der Waals surface area contributed by atoms with E-state index in [1.165, 1.54) is 0 Å².